The summed E-state index contributed by atoms with van der Waals surface area (Å²) in [6.07, 6.45) is 1.62. The summed E-state index contributed by atoms with van der Waals surface area (Å²) in [5.41, 5.74) is 1.13. The van der Waals surface area contributed by atoms with Crippen molar-refractivity contribution in [1.29, 1.82) is 0 Å². The van der Waals surface area contributed by atoms with Gasteiger partial charge >= 0.3 is 0 Å². The lowest BCUT2D eigenvalue weighted by Crippen LogP contribution is -2.43. The second-order valence-corrected chi connectivity index (χ2v) is 6.86. The summed E-state index contributed by atoms with van der Waals surface area (Å²) < 4.78 is 16.6. The zero-order valence-electron chi connectivity index (χ0n) is 15.6. The van der Waals surface area contributed by atoms with E-state index in [9.17, 15) is 9.59 Å². The lowest BCUT2D eigenvalue weighted by atomic mass is 10.1. The molecule has 0 aliphatic carbocycles. The van der Waals surface area contributed by atoms with Gasteiger partial charge in [0.1, 0.15) is 11.3 Å². The summed E-state index contributed by atoms with van der Waals surface area (Å²) in [6.45, 7) is 5.04. The summed E-state index contributed by atoms with van der Waals surface area (Å²) in [7, 11) is 0. The van der Waals surface area contributed by atoms with Crippen molar-refractivity contribution in [2.45, 2.75) is 13.0 Å². The van der Waals surface area contributed by atoms with Gasteiger partial charge in [0.25, 0.3) is 5.91 Å². The summed E-state index contributed by atoms with van der Waals surface area (Å²) in [5, 5.41) is 3.34. The van der Waals surface area contributed by atoms with Crippen molar-refractivity contribution in [3.05, 3.63) is 70.0 Å². The second kappa shape index (κ2) is 8.00. The fourth-order valence-electron chi connectivity index (χ4n) is 3.44. The van der Waals surface area contributed by atoms with Crippen molar-refractivity contribution in [1.82, 2.24) is 10.2 Å². The molecular formula is C21H22N2O5. The minimum absolute atomic E-state index is 0.00141. The SMILES string of the molecule is Cc1ccc2oc(C(=O)NCC(c3ccco3)N3CCOCC3)cc(=O)c2c1. The molecule has 7 heteroatoms. The number of fused-ring (bicyclic) bond motifs is 1. The minimum atomic E-state index is -0.426. The normalized spacial score (nSPS) is 16.2. The fraction of sp³-hybridized carbons (Fsp3) is 0.333. The molecule has 3 aromatic rings. The standard InChI is InChI=1S/C21H22N2O5/c1-14-4-5-18-15(11-14)17(24)12-20(28-18)21(25)22-13-16(19-3-2-8-27-19)23-6-9-26-10-7-23/h2-5,8,11-12,16H,6-7,9-10,13H2,1H3,(H,22,25). The summed E-state index contributed by atoms with van der Waals surface area (Å²) in [4.78, 5) is 27.2. The summed E-state index contributed by atoms with van der Waals surface area (Å²) in [5.74, 6) is 0.351. The molecule has 4 rings (SSSR count). The number of amides is 1. The first-order chi connectivity index (χ1) is 13.6. The number of aryl methyl sites for hydroxylation is 1. The highest BCUT2D eigenvalue weighted by molar-refractivity contribution is 5.93. The molecule has 1 unspecified atom stereocenters. The molecule has 1 atom stereocenters. The average Bonchev–Trinajstić information content (AvgIpc) is 3.24. The minimum Gasteiger partial charge on any atom is -0.468 e. The number of nitrogens with zero attached hydrogens (tertiary/aromatic N) is 1. The molecule has 1 N–H and O–H groups in total. The molecule has 28 heavy (non-hydrogen) atoms. The Morgan fingerprint density at radius 3 is 2.79 bits per heavy atom. The summed E-state index contributed by atoms with van der Waals surface area (Å²) in [6, 6.07) is 10.2. The van der Waals surface area contributed by atoms with E-state index in [0.717, 1.165) is 24.4 Å². The van der Waals surface area contributed by atoms with E-state index in [4.69, 9.17) is 13.6 Å². The first kappa shape index (κ1) is 18.5. The Labute approximate surface area is 161 Å². The van der Waals surface area contributed by atoms with Crippen LogP contribution in [0.2, 0.25) is 0 Å². The van der Waals surface area contributed by atoms with Crippen molar-refractivity contribution in [3.8, 4) is 0 Å². The number of morpholine rings is 1. The van der Waals surface area contributed by atoms with Crippen LogP contribution in [0.25, 0.3) is 11.0 Å². The Kier molecular flexibility index (Phi) is 5.27. The van der Waals surface area contributed by atoms with Gasteiger partial charge in [0.15, 0.2) is 11.2 Å². The number of ether oxygens (including phenoxy) is 1. The Morgan fingerprint density at radius 2 is 2.04 bits per heavy atom. The van der Waals surface area contributed by atoms with E-state index in [2.05, 4.69) is 10.2 Å². The number of hydrogen-bond acceptors (Lipinski definition) is 6. The second-order valence-electron chi connectivity index (χ2n) is 6.86. The molecular weight excluding hydrogens is 360 g/mol. The maximum atomic E-state index is 12.6. The van der Waals surface area contributed by atoms with Gasteiger partial charge in [-0.3, -0.25) is 14.5 Å². The van der Waals surface area contributed by atoms with E-state index in [1.54, 1.807) is 18.4 Å². The maximum absolute atomic E-state index is 12.6. The zero-order valence-corrected chi connectivity index (χ0v) is 15.6. The number of carbonyl (C=O) groups excluding carboxylic acids is 1. The lowest BCUT2D eigenvalue weighted by molar-refractivity contribution is 0.0117. The van der Waals surface area contributed by atoms with Crippen molar-refractivity contribution >= 4 is 16.9 Å². The number of furan rings is 1. The van der Waals surface area contributed by atoms with E-state index >= 15 is 0 Å². The van der Waals surface area contributed by atoms with Gasteiger partial charge in [0, 0.05) is 25.7 Å². The quantitative estimate of drug-likeness (QED) is 0.730. The predicted molar refractivity (Wildman–Crippen MR) is 103 cm³/mol. The third-order valence-electron chi connectivity index (χ3n) is 4.92. The van der Waals surface area contributed by atoms with Crippen LogP contribution in [0.1, 0.15) is 27.9 Å². The first-order valence-electron chi connectivity index (χ1n) is 9.30. The van der Waals surface area contributed by atoms with Crippen LogP contribution in [0.5, 0.6) is 0 Å². The largest absolute Gasteiger partial charge is 0.468 e. The van der Waals surface area contributed by atoms with Gasteiger partial charge in [0.2, 0.25) is 0 Å². The number of hydrogen-bond donors (Lipinski definition) is 1. The number of nitrogens with one attached hydrogen (secondary N) is 1. The van der Waals surface area contributed by atoms with Crippen LogP contribution in [0, 0.1) is 6.92 Å². The third kappa shape index (κ3) is 3.85. The van der Waals surface area contributed by atoms with Gasteiger partial charge in [-0.05, 0) is 31.2 Å². The molecule has 0 spiro atoms. The summed E-state index contributed by atoms with van der Waals surface area (Å²) >= 11 is 0. The smallest absolute Gasteiger partial charge is 0.287 e. The van der Waals surface area contributed by atoms with Crippen LogP contribution in [0.4, 0.5) is 0 Å². The maximum Gasteiger partial charge on any atom is 0.287 e. The highest BCUT2D eigenvalue weighted by atomic mass is 16.5. The van der Waals surface area contributed by atoms with Gasteiger partial charge in [-0.15, -0.1) is 0 Å². The van der Waals surface area contributed by atoms with Gasteiger partial charge in [-0.25, -0.2) is 0 Å². The van der Waals surface area contributed by atoms with Gasteiger partial charge in [-0.2, -0.15) is 0 Å². The molecule has 1 aromatic carbocycles. The third-order valence-corrected chi connectivity index (χ3v) is 4.92. The molecule has 146 valence electrons. The monoisotopic (exact) mass is 382 g/mol. The Hall–Kier alpha value is -2.90. The molecule has 2 aromatic heterocycles. The van der Waals surface area contributed by atoms with Crippen LogP contribution < -0.4 is 10.7 Å². The topological polar surface area (TPSA) is 84.9 Å². The van der Waals surface area contributed by atoms with Gasteiger partial charge < -0.3 is 18.9 Å². The van der Waals surface area contributed by atoms with E-state index < -0.39 is 5.91 Å². The predicted octanol–water partition coefficient (Wildman–Crippen LogP) is 2.50. The average molecular weight is 382 g/mol. The first-order valence-corrected chi connectivity index (χ1v) is 9.30. The van der Waals surface area contributed by atoms with Crippen molar-refractivity contribution in [3.63, 3.8) is 0 Å². The molecule has 0 bridgehead atoms. The van der Waals surface area contributed by atoms with Gasteiger partial charge in [-0.1, -0.05) is 11.6 Å². The van der Waals surface area contributed by atoms with Crippen molar-refractivity contribution in [2.75, 3.05) is 32.8 Å². The van der Waals surface area contributed by atoms with Crippen LogP contribution in [0.15, 0.2) is 56.3 Å². The number of carbonyl (C=O) groups is 1. The molecule has 1 saturated heterocycles. The van der Waals surface area contributed by atoms with Crippen LogP contribution in [0.3, 0.4) is 0 Å². The lowest BCUT2D eigenvalue weighted by Gasteiger charge is -2.33. The van der Waals surface area contributed by atoms with Crippen molar-refractivity contribution < 1.29 is 18.4 Å². The Morgan fingerprint density at radius 1 is 1.21 bits per heavy atom. The van der Waals surface area contributed by atoms with E-state index in [1.807, 2.05) is 25.1 Å². The highest BCUT2D eigenvalue weighted by Crippen LogP contribution is 2.22. The van der Waals surface area contributed by atoms with Gasteiger partial charge in [0.05, 0.1) is 30.9 Å². The van der Waals surface area contributed by atoms with E-state index in [1.165, 1.54) is 6.07 Å². The van der Waals surface area contributed by atoms with Crippen molar-refractivity contribution in [2.24, 2.45) is 0 Å². The molecule has 7 nitrogen and oxygen atoms in total. The zero-order chi connectivity index (χ0) is 19.5. The van der Waals surface area contributed by atoms with E-state index in [0.29, 0.717) is 30.7 Å². The molecule has 3 heterocycles. The van der Waals surface area contributed by atoms with Crippen LogP contribution in [-0.4, -0.2) is 43.7 Å². The number of benzene rings is 1. The molecule has 1 fully saturated rings. The molecule has 0 saturated carbocycles. The fourth-order valence-corrected chi connectivity index (χ4v) is 3.44. The number of rotatable bonds is 5. The highest BCUT2D eigenvalue weighted by Gasteiger charge is 2.26. The molecule has 1 aliphatic rings. The molecule has 0 radical (unpaired) electrons. The molecule has 1 amide bonds. The Balaban J connectivity index is 1.53. The van der Waals surface area contributed by atoms with E-state index in [-0.39, 0.29) is 17.2 Å². The van der Waals surface area contributed by atoms with Crippen LogP contribution >= 0.6 is 0 Å². The van der Waals surface area contributed by atoms with Crippen LogP contribution in [-0.2, 0) is 4.74 Å². The molecule has 1 aliphatic heterocycles. The Bertz CT molecular complexity index is 1020.